The highest BCUT2D eigenvalue weighted by atomic mass is 19.4. The van der Waals surface area contributed by atoms with Crippen LogP contribution in [0.3, 0.4) is 0 Å². The molecule has 0 amide bonds. The van der Waals surface area contributed by atoms with Crippen LogP contribution >= 0.6 is 0 Å². The number of carbonyl (C=O) groups is 1. The van der Waals surface area contributed by atoms with E-state index in [0.29, 0.717) is 11.5 Å². The number of ether oxygens (including phenoxy) is 1. The molecule has 0 bridgehead atoms. The van der Waals surface area contributed by atoms with Crippen molar-refractivity contribution in [1.82, 2.24) is 9.97 Å². The van der Waals surface area contributed by atoms with Gasteiger partial charge in [0.25, 0.3) is 0 Å². The second kappa shape index (κ2) is 7.35. The van der Waals surface area contributed by atoms with Crippen LogP contribution in [0, 0.1) is 0 Å². The van der Waals surface area contributed by atoms with Crippen LogP contribution in [0.4, 0.5) is 13.2 Å². The van der Waals surface area contributed by atoms with E-state index in [2.05, 4.69) is 9.97 Å². The first-order valence-electron chi connectivity index (χ1n) is 7.65. The van der Waals surface area contributed by atoms with Crippen LogP contribution in [-0.2, 0) is 12.6 Å². The molecule has 0 N–H and O–H groups in total. The predicted molar refractivity (Wildman–Crippen MR) is 88.0 cm³/mol. The third kappa shape index (κ3) is 4.44. The lowest BCUT2D eigenvalue weighted by Gasteiger charge is -2.09. The topological polar surface area (TPSA) is 52.1 Å². The monoisotopic (exact) mass is 358 g/mol. The summed E-state index contributed by atoms with van der Waals surface area (Å²) in [7, 11) is 0. The van der Waals surface area contributed by atoms with Gasteiger partial charge in [-0.3, -0.25) is 14.8 Å². The minimum atomic E-state index is -4.45. The number of hydrogen-bond acceptors (Lipinski definition) is 4. The third-order valence-corrected chi connectivity index (χ3v) is 3.51. The molecule has 0 atom stereocenters. The molecule has 0 aliphatic heterocycles. The van der Waals surface area contributed by atoms with Crippen molar-refractivity contribution in [3.8, 4) is 11.5 Å². The zero-order valence-corrected chi connectivity index (χ0v) is 13.4. The van der Waals surface area contributed by atoms with Gasteiger partial charge in [-0.1, -0.05) is 18.2 Å². The molecule has 2 heterocycles. The molecule has 0 radical (unpaired) electrons. The maximum atomic E-state index is 12.8. The van der Waals surface area contributed by atoms with Gasteiger partial charge in [-0.15, -0.1) is 0 Å². The van der Waals surface area contributed by atoms with E-state index < -0.39 is 17.5 Å². The Bertz CT molecular complexity index is 912. The van der Waals surface area contributed by atoms with E-state index in [1.165, 1.54) is 30.6 Å². The van der Waals surface area contributed by atoms with E-state index in [1.807, 2.05) is 0 Å². The minimum Gasteiger partial charge on any atom is -0.456 e. The lowest BCUT2D eigenvalue weighted by atomic mass is 10.0. The minimum absolute atomic E-state index is 0.115. The fourth-order valence-electron chi connectivity index (χ4n) is 2.30. The highest BCUT2D eigenvalue weighted by Crippen LogP contribution is 2.29. The Hall–Kier alpha value is -3.22. The molecule has 0 spiro atoms. The third-order valence-electron chi connectivity index (χ3n) is 3.51. The van der Waals surface area contributed by atoms with Gasteiger partial charge in [0.05, 0.1) is 11.8 Å². The molecule has 3 rings (SSSR count). The maximum absolute atomic E-state index is 12.8. The lowest BCUT2D eigenvalue weighted by Crippen LogP contribution is -2.09. The summed E-state index contributed by atoms with van der Waals surface area (Å²) in [6, 6.07) is 11.1. The van der Waals surface area contributed by atoms with Crippen molar-refractivity contribution in [3.05, 3.63) is 83.9 Å². The van der Waals surface area contributed by atoms with E-state index in [9.17, 15) is 18.0 Å². The summed E-state index contributed by atoms with van der Waals surface area (Å²) in [5.74, 6) is 0.483. The molecule has 0 fully saturated rings. The molecule has 0 aliphatic rings. The number of hydrogen-bond donors (Lipinski definition) is 0. The number of halogens is 3. The molecule has 7 heteroatoms. The van der Waals surface area contributed by atoms with E-state index in [0.717, 1.165) is 12.1 Å². The molecule has 3 aromatic rings. The average Bonchev–Trinajstić information content (AvgIpc) is 2.62. The SMILES string of the molecule is O=C(Cc1cccc(C(F)(F)F)c1)c1cc(Oc2cccnc2)ccn1. The van der Waals surface area contributed by atoms with E-state index in [4.69, 9.17) is 4.74 Å². The largest absolute Gasteiger partial charge is 0.456 e. The molecule has 1 aromatic carbocycles. The number of ketones is 1. The smallest absolute Gasteiger partial charge is 0.416 e. The van der Waals surface area contributed by atoms with Crippen molar-refractivity contribution in [2.45, 2.75) is 12.6 Å². The Morgan fingerprint density at radius 3 is 2.58 bits per heavy atom. The van der Waals surface area contributed by atoms with Crippen molar-refractivity contribution in [2.75, 3.05) is 0 Å². The van der Waals surface area contributed by atoms with Crippen molar-refractivity contribution in [2.24, 2.45) is 0 Å². The summed E-state index contributed by atoms with van der Waals surface area (Å²) in [4.78, 5) is 20.3. The van der Waals surface area contributed by atoms with Gasteiger partial charge in [0, 0.05) is 24.9 Å². The zero-order valence-electron chi connectivity index (χ0n) is 13.4. The fourth-order valence-corrected chi connectivity index (χ4v) is 2.30. The van der Waals surface area contributed by atoms with Gasteiger partial charge >= 0.3 is 6.18 Å². The number of aromatic nitrogens is 2. The van der Waals surface area contributed by atoms with Gasteiger partial charge in [-0.2, -0.15) is 13.2 Å². The number of carbonyl (C=O) groups excluding carboxylic acids is 1. The van der Waals surface area contributed by atoms with Crippen molar-refractivity contribution < 1.29 is 22.7 Å². The average molecular weight is 358 g/mol. The van der Waals surface area contributed by atoms with E-state index >= 15 is 0 Å². The number of Topliss-reactive ketones (excluding diaryl/α,β-unsaturated/α-hetero) is 1. The van der Waals surface area contributed by atoms with Gasteiger partial charge in [-0.05, 0) is 29.8 Å². The Morgan fingerprint density at radius 2 is 1.85 bits per heavy atom. The second-order valence-corrected chi connectivity index (χ2v) is 5.47. The van der Waals surface area contributed by atoms with Gasteiger partial charge in [0.2, 0.25) is 0 Å². The second-order valence-electron chi connectivity index (χ2n) is 5.47. The van der Waals surface area contributed by atoms with E-state index in [-0.39, 0.29) is 17.7 Å². The quantitative estimate of drug-likeness (QED) is 0.620. The van der Waals surface area contributed by atoms with Crippen molar-refractivity contribution >= 4 is 5.78 Å². The molecule has 0 unspecified atom stereocenters. The first kappa shape index (κ1) is 17.6. The van der Waals surface area contributed by atoms with Crippen LogP contribution in [-0.4, -0.2) is 15.8 Å². The number of pyridine rings is 2. The molecule has 26 heavy (non-hydrogen) atoms. The first-order valence-corrected chi connectivity index (χ1v) is 7.65. The van der Waals surface area contributed by atoms with Crippen LogP contribution < -0.4 is 4.74 Å². The highest BCUT2D eigenvalue weighted by molar-refractivity contribution is 5.96. The van der Waals surface area contributed by atoms with E-state index in [1.54, 1.807) is 24.4 Å². The first-order chi connectivity index (χ1) is 12.4. The number of nitrogens with zero attached hydrogens (tertiary/aromatic N) is 2. The lowest BCUT2D eigenvalue weighted by molar-refractivity contribution is -0.137. The van der Waals surface area contributed by atoms with Gasteiger partial charge in [0.1, 0.15) is 17.2 Å². The number of benzene rings is 1. The summed E-state index contributed by atoms with van der Waals surface area (Å²) in [6.45, 7) is 0. The Labute approximate surface area is 147 Å². The summed E-state index contributed by atoms with van der Waals surface area (Å²) >= 11 is 0. The predicted octanol–water partition coefficient (Wildman–Crippen LogP) is 4.71. The normalized spacial score (nSPS) is 11.2. The standard InChI is InChI=1S/C19H13F3N2O2/c20-19(21,22)14-4-1-3-13(9-14)10-18(25)17-11-15(6-8-24-17)26-16-5-2-7-23-12-16/h1-9,11-12H,10H2. The Kier molecular flexibility index (Phi) is 4.97. The summed E-state index contributed by atoms with van der Waals surface area (Å²) < 4.78 is 43.9. The molecular formula is C19H13F3N2O2. The molecule has 0 saturated heterocycles. The summed E-state index contributed by atoms with van der Waals surface area (Å²) in [5.41, 5.74) is -0.404. The summed E-state index contributed by atoms with van der Waals surface area (Å²) in [5, 5.41) is 0. The molecule has 4 nitrogen and oxygen atoms in total. The van der Waals surface area contributed by atoms with Crippen LogP contribution in [0.15, 0.2) is 67.1 Å². The highest BCUT2D eigenvalue weighted by Gasteiger charge is 2.30. The number of rotatable bonds is 5. The van der Waals surface area contributed by atoms with Crippen molar-refractivity contribution in [1.29, 1.82) is 0 Å². The van der Waals surface area contributed by atoms with Crippen LogP contribution in [0.2, 0.25) is 0 Å². The van der Waals surface area contributed by atoms with Crippen LogP contribution in [0.5, 0.6) is 11.5 Å². The fraction of sp³-hybridized carbons (Fsp3) is 0.105. The van der Waals surface area contributed by atoms with Gasteiger partial charge in [0.15, 0.2) is 5.78 Å². The van der Waals surface area contributed by atoms with Crippen molar-refractivity contribution in [3.63, 3.8) is 0 Å². The molecule has 0 aliphatic carbocycles. The van der Waals surface area contributed by atoms with Gasteiger partial charge < -0.3 is 4.74 Å². The van der Waals surface area contributed by atoms with Crippen LogP contribution in [0.25, 0.3) is 0 Å². The maximum Gasteiger partial charge on any atom is 0.416 e. The van der Waals surface area contributed by atoms with Crippen LogP contribution in [0.1, 0.15) is 21.6 Å². The molecule has 2 aromatic heterocycles. The number of alkyl halides is 3. The molecular weight excluding hydrogens is 345 g/mol. The molecule has 0 saturated carbocycles. The molecule has 132 valence electrons. The summed E-state index contributed by atoms with van der Waals surface area (Å²) in [6.07, 6.45) is -0.110. The Morgan fingerprint density at radius 1 is 1.00 bits per heavy atom. The van der Waals surface area contributed by atoms with Gasteiger partial charge in [-0.25, -0.2) is 0 Å². The Balaban J connectivity index is 1.75. The zero-order chi connectivity index (χ0) is 18.6.